The van der Waals surface area contributed by atoms with Crippen molar-refractivity contribution in [3.05, 3.63) is 54.0 Å². The molecule has 3 aromatic rings. The third-order valence-electron chi connectivity index (χ3n) is 5.24. The maximum Gasteiger partial charge on any atom is 0.254 e. The summed E-state index contributed by atoms with van der Waals surface area (Å²) in [6.07, 6.45) is 2.81. The van der Waals surface area contributed by atoms with E-state index in [1.165, 1.54) is 12.0 Å². The predicted molar refractivity (Wildman–Crippen MR) is 91.9 cm³/mol. The molecule has 6 heteroatoms. The SMILES string of the molecule is Cc1cc(N2C[C@@H]3C[C@H]2CN3Cc2ccccc2)n2ncnc2n1. The first-order chi connectivity index (χ1) is 11.8. The Balaban J connectivity index is 1.39. The van der Waals surface area contributed by atoms with Crippen molar-refractivity contribution in [3.8, 4) is 0 Å². The van der Waals surface area contributed by atoms with E-state index in [1.54, 1.807) is 6.33 Å². The molecule has 2 aliphatic rings. The topological polar surface area (TPSA) is 49.6 Å². The van der Waals surface area contributed by atoms with Crippen molar-refractivity contribution in [2.24, 2.45) is 0 Å². The van der Waals surface area contributed by atoms with Crippen LogP contribution < -0.4 is 4.90 Å². The Bertz CT molecular complexity index is 874. The monoisotopic (exact) mass is 320 g/mol. The van der Waals surface area contributed by atoms with Gasteiger partial charge in [-0.3, -0.25) is 4.90 Å². The Labute approximate surface area is 140 Å². The number of aryl methyl sites for hydroxylation is 1. The molecule has 0 N–H and O–H groups in total. The third-order valence-corrected chi connectivity index (χ3v) is 5.24. The molecular formula is C18H20N6. The van der Waals surface area contributed by atoms with Gasteiger partial charge in [-0.05, 0) is 18.9 Å². The maximum absolute atomic E-state index is 4.45. The summed E-state index contributed by atoms with van der Waals surface area (Å²) >= 11 is 0. The fraction of sp³-hybridized carbons (Fsp3) is 0.389. The minimum atomic E-state index is 0.549. The molecule has 2 fully saturated rings. The van der Waals surface area contributed by atoms with Crippen molar-refractivity contribution < 1.29 is 0 Å². The number of nitrogens with zero attached hydrogens (tertiary/aromatic N) is 6. The molecule has 2 aromatic heterocycles. The number of fused-ring (bicyclic) bond motifs is 3. The van der Waals surface area contributed by atoms with Gasteiger partial charge in [-0.15, -0.1) is 0 Å². The van der Waals surface area contributed by atoms with Gasteiger partial charge in [0.25, 0.3) is 5.78 Å². The summed E-state index contributed by atoms with van der Waals surface area (Å²) in [7, 11) is 0. The van der Waals surface area contributed by atoms with E-state index in [4.69, 9.17) is 0 Å². The highest BCUT2D eigenvalue weighted by atomic mass is 15.4. The normalized spacial score (nSPS) is 23.5. The van der Waals surface area contributed by atoms with Crippen molar-refractivity contribution in [1.82, 2.24) is 24.5 Å². The number of piperazine rings is 1. The lowest BCUT2D eigenvalue weighted by Crippen LogP contribution is -2.46. The third kappa shape index (κ3) is 2.17. The summed E-state index contributed by atoms with van der Waals surface area (Å²) < 4.78 is 1.87. The first-order valence-electron chi connectivity index (χ1n) is 8.50. The van der Waals surface area contributed by atoms with Gasteiger partial charge in [-0.25, -0.2) is 4.98 Å². The summed E-state index contributed by atoms with van der Waals surface area (Å²) in [5.41, 5.74) is 2.39. The minimum absolute atomic E-state index is 0.549. The van der Waals surface area contributed by atoms with Crippen LogP contribution in [0.15, 0.2) is 42.7 Å². The van der Waals surface area contributed by atoms with E-state index in [2.05, 4.69) is 61.3 Å². The molecule has 0 unspecified atom stereocenters. The first kappa shape index (κ1) is 13.9. The van der Waals surface area contributed by atoms with Gasteiger partial charge < -0.3 is 4.90 Å². The van der Waals surface area contributed by atoms with Crippen molar-refractivity contribution in [3.63, 3.8) is 0 Å². The Morgan fingerprint density at radius 1 is 1.12 bits per heavy atom. The van der Waals surface area contributed by atoms with Crippen LogP contribution in [-0.4, -0.2) is 49.7 Å². The van der Waals surface area contributed by atoms with Crippen LogP contribution in [-0.2, 0) is 6.54 Å². The second-order valence-electron chi connectivity index (χ2n) is 6.84. The van der Waals surface area contributed by atoms with Gasteiger partial charge in [0.2, 0.25) is 0 Å². The Morgan fingerprint density at radius 2 is 2.00 bits per heavy atom. The Morgan fingerprint density at radius 3 is 2.79 bits per heavy atom. The fourth-order valence-electron chi connectivity index (χ4n) is 4.16. The molecule has 5 rings (SSSR count). The van der Waals surface area contributed by atoms with E-state index < -0.39 is 0 Å². The molecule has 24 heavy (non-hydrogen) atoms. The number of hydrogen-bond donors (Lipinski definition) is 0. The van der Waals surface area contributed by atoms with E-state index in [-0.39, 0.29) is 0 Å². The lowest BCUT2D eigenvalue weighted by Gasteiger charge is -2.35. The minimum Gasteiger partial charge on any atom is -0.350 e. The van der Waals surface area contributed by atoms with Crippen molar-refractivity contribution >= 4 is 11.6 Å². The molecule has 122 valence electrons. The van der Waals surface area contributed by atoms with Crippen LogP contribution in [0.4, 0.5) is 5.82 Å². The average Bonchev–Trinajstić information content (AvgIpc) is 3.29. The summed E-state index contributed by atoms with van der Waals surface area (Å²) in [5, 5.41) is 4.36. The first-order valence-corrected chi connectivity index (χ1v) is 8.50. The summed E-state index contributed by atoms with van der Waals surface area (Å²) in [4.78, 5) is 13.8. The van der Waals surface area contributed by atoms with Gasteiger partial charge in [0.1, 0.15) is 12.1 Å². The van der Waals surface area contributed by atoms with E-state index in [9.17, 15) is 0 Å². The molecule has 2 saturated heterocycles. The van der Waals surface area contributed by atoms with Gasteiger partial charge in [-0.2, -0.15) is 14.6 Å². The molecule has 0 saturated carbocycles. The average molecular weight is 320 g/mol. The van der Waals surface area contributed by atoms with E-state index in [0.29, 0.717) is 17.9 Å². The van der Waals surface area contributed by atoms with Crippen LogP contribution in [0.3, 0.4) is 0 Å². The Hall–Kier alpha value is -2.47. The lowest BCUT2D eigenvalue weighted by molar-refractivity contribution is 0.230. The van der Waals surface area contributed by atoms with Gasteiger partial charge >= 0.3 is 0 Å². The van der Waals surface area contributed by atoms with Gasteiger partial charge in [0.05, 0.1) is 0 Å². The zero-order valence-corrected chi connectivity index (χ0v) is 13.7. The van der Waals surface area contributed by atoms with Crippen molar-refractivity contribution in [2.75, 3.05) is 18.0 Å². The smallest absolute Gasteiger partial charge is 0.254 e. The van der Waals surface area contributed by atoms with Gasteiger partial charge in [0, 0.05) is 43.5 Å². The molecule has 6 nitrogen and oxygen atoms in total. The lowest BCUT2D eigenvalue weighted by atomic mass is 10.2. The summed E-state index contributed by atoms with van der Waals surface area (Å²) in [5.74, 6) is 1.82. The molecule has 2 bridgehead atoms. The predicted octanol–water partition coefficient (Wildman–Crippen LogP) is 1.90. The highest BCUT2D eigenvalue weighted by Gasteiger charge is 2.43. The molecule has 0 amide bonds. The molecule has 4 heterocycles. The largest absolute Gasteiger partial charge is 0.350 e. The number of benzene rings is 1. The number of rotatable bonds is 3. The summed E-state index contributed by atoms with van der Waals surface area (Å²) in [6.45, 7) is 5.23. The van der Waals surface area contributed by atoms with Crippen LogP contribution in [0.2, 0.25) is 0 Å². The van der Waals surface area contributed by atoms with Gasteiger partial charge in [0.15, 0.2) is 0 Å². The van der Waals surface area contributed by atoms with Crippen LogP contribution in [0.5, 0.6) is 0 Å². The van der Waals surface area contributed by atoms with E-state index >= 15 is 0 Å². The van der Waals surface area contributed by atoms with Crippen LogP contribution in [0.1, 0.15) is 17.7 Å². The molecule has 2 aliphatic heterocycles. The van der Waals surface area contributed by atoms with Crippen LogP contribution in [0, 0.1) is 6.92 Å². The standard InChI is InChI=1S/C18H20N6/c1-13-7-17(24-18(21-13)19-12-20-24)23-11-15-8-16(23)10-22(15)9-14-5-3-2-4-6-14/h2-7,12,15-16H,8-11H2,1H3/t15-,16-/m0/s1. The zero-order valence-electron chi connectivity index (χ0n) is 13.7. The van der Waals surface area contributed by atoms with E-state index in [1.807, 2.05) is 11.4 Å². The molecular weight excluding hydrogens is 300 g/mol. The molecule has 0 spiro atoms. The second kappa shape index (κ2) is 5.27. The fourth-order valence-corrected chi connectivity index (χ4v) is 4.16. The highest BCUT2D eigenvalue weighted by Crippen LogP contribution is 2.35. The van der Waals surface area contributed by atoms with Crippen LogP contribution >= 0.6 is 0 Å². The highest BCUT2D eigenvalue weighted by molar-refractivity contribution is 5.50. The number of likely N-dealkylation sites (tertiary alicyclic amines) is 1. The molecule has 1 aromatic carbocycles. The number of aromatic nitrogens is 4. The van der Waals surface area contributed by atoms with Crippen molar-refractivity contribution in [1.29, 1.82) is 0 Å². The second-order valence-corrected chi connectivity index (χ2v) is 6.84. The van der Waals surface area contributed by atoms with Crippen molar-refractivity contribution in [2.45, 2.75) is 32.0 Å². The van der Waals surface area contributed by atoms with Crippen LogP contribution in [0.25, 0.3) is 5.78 Å². The molecule has 0 radical (unpaired) electrons. The quantitative estimate of drug-likeness (QED) is 0.738. The summed E-state index contributed by atoms with van der Waals surface area (Å²) in [6, 6.07) is 14.0. The van der Waals surface area contributed by atoms with Gasteiger partial charge in [-0.1, -0.05) is 30.3 Å². The van der Waals surface area contributed by atoms with E-state index in [0.717, 1.165) is 31.1 Å². The Kier molecular flexibility index (Phi) is 3.06. The molecule has 0 aliphatic carbocycles. The number of hydrogen-bond acceptors (Lipinski definition) is 5. The maximum atomic E-state index is 4.45. The zero-order chi connectivity index (χ0) is 16.1. The number of anilines is 1. The molecule has 2 atom stereocenters.